The minimum atomic E-state index is -1.42. The van der Waals surface area contributed by atoms with Gasteiger partial charge < -0.3 is 41.0 Å². The van der Waals surface area contributed by atoms with E-state index in [0.29, 0.717) is 77.0 Å². The number of para-hydroxylation sites is 2. The summed E-state index contributed by atoms with van der Waals surface area (Å²) in [6.07, 6.45) is 6.07. The number of piperidine rings is 2. The smallest absolute Gasteiger partial charge is 0.253 e. The van der Waals surface area contributed by atoms with E-state index >= 15 is 0 Å². The van der Waals surface area contributed by atoms with Crippen molar-refractivity contribution in [1.29, 1.82) is 0 Å². The molecule has 8 aromatic rings. The Bertz CT molecular complexity index is 3040. The van der Waals surface area contributed by atoms with Crippen molar-refractivity contribution in [2.24, 2.45) is 0 Å². The van der Waals surface area contributed by atoms with Crippen molar-refractivity contribution < 1.29 is 29.3 Å². The Morgan fingerprint density at radius 2 is 1.07 bits per heavy atom. The summed E-state index contributed by atoms with van der Waals surface area (Å²) in [5.41, 5.74) is 16.8. The Balaban J connectivity index is 0.000000184. The van der Waals surface area contributed by atoms with Gasteiger partial charge in [-0.1, -0.05) is 50.4 Å². The second kappa shape index (κ2) is 21.2. The Labute approximate surface area is 398 Å². The third-order valence-electron chi connectivity index (χ3n) is 12.0. The molecule has 6 N–H and O–H groups in total. The van der Waals surface area contributed by atoms with Crippen LogP contribution in [0, 0.1) is 0 Å². The molecule has 0 spiro atoms. The maximum Gasteiger partial charge on any atom is 0.253 e. The first-order chi connectivity index (χ1) is 33.2. The van der Waals surface area contributed by atoms with Crippen LogP contribution < -0.4 is 20.9 Å². The zero-order valence-electron chi connectivity index (χ0n) is 37.1. The molecule has 354 valence electrons. The second-order valence-electron chi connectivity index (χ2n) is 16.4. The van der Waals surface area contributed by atoms with E-state index < -0.39 is 18.6 Å². The summed E-state index contributed by atoms with van der Waals surface area (Å²) >= 11 is 0. The molecule has 0 radical (unpaired) electrons. The Morgan fingerprint density at radius 1 is 0.652 bits per heavy atom. The minimum Gasteiger partial charge on any atom is -0.457 e. The molecule has 2 aliphatic rings. The molecule has 0 aliphatic carbocycles. The SMILES string of the molecule is C.C=CC(=O)N1CCCC(n2nc(-c3ccc(Oc4ccccc4)cc3)c3c(N)ncnc32)C1.Nc1ncnc2c1c(-c1ccc(Oc3ccccc3)cc1)nn2C1CCCN(C(=O)C(O)CO)C1. The van der Waals surface area contributed by atoms with Gasteiger partial charge in [0.2, 0.25) is 5.91 Å². The number of hydrogen-bond acceptors (Lipinski definition) is 14. The molecule has 4 aromatic carbocycles. The van der Waals surface area contributed by atoms with Crippen molar-refractivity contribution in [2.75, 3.05) is 44.3 Å². The lowest BCUT2D eigenvalue weighted by atomic mass is 10.1. The van der Waals surface area contributed by atoms with E-state index in [0.717, 1.165) is 54.1 Å². The zero-order valence-corrected chi connectivity index (χ0v) is 37.1. The molecule has 6 heterocycles. The average Bonchev–Trinajstić information content (AvgIpc) is 3.98. The largest absolute Gasteiger partial charge is 0.457 e. The summed E-state index contributed by atoms with van der Waals surface area (Å²) in [5.74, 6) is 3.07. The molecule has 2 saturated heterocycles. The number of aromatic nitrogens is 8. The second-order valence-corrected chi connectivity index (χ2v) is 16.4. The summed E-state index contributed by atoms with van der Waals surface area (Å²) in [6, 6.07) is 34.2. The van der Waals surface area contributed by atoms with Crippen molar-refractivity contribution in [3.05, 3.63) is 135 Å². The first-order valence-corrected chi connectivity index (χ1v) is 22.3. The number of aliphatic hydroxyl groups excluding tert-OH is 2. The highest BCUT2D eigenvalue weighted by Crippen LogP contribution is 2.37. The van der Waals surface area contributed by atoms with E-state index in [9.17, 15) is 14.7 Å². The predicted molar refractivity (Wildman–Crippen MR) is 263 cm³/mol. The van der Waals surface area contributed by atoms with Crippen molar-refractivity contribution in [1.82, 2.24) is 49.3 Å². The van der Waals surface area contributed by atoms with Gasteiger partial charge in [0.05, 0.1) is 29.5 Å². The van der Waals surface area contributed by atoms with Crippen LogP contribution in [0.15, 0.2) is 135 Å². The van der Waals surface area contributed by atoms with Crippen LogP contribution in [-0.2, 0) is 9.59 Å². The first-order valence-electron chi connectivity index (χ1n) is 22.3. The van der Waals surface area contributed by atoms with Crippen LogP contribution >= 0.6 is 0 Å². The molecule has 18 nitrogen and oxygen atoms in total. The lowest BCUT2D eigenvalue weighted by molar-refractivity contribution is -0.143. The van der Waals surface area contributed by atoms with Crippen molar-refractivity contribution in [3.63, 3.8) is 0 Å². The fraction of sp³-hybridized carbons (Fsp3) is 0.255. The molecule has 0 bridgehead atoms. The molecule has 10 rings (SSSR count). The van der Waals surface area contributed by atoms with Crippen LogP contribution in [0.25, 0.3) is 44.6 Å². The third-order valence-corrected chi connectivity index (χ3v) is 12.0. The standard InChI is InChI=1S/C25H26N6O4.C25H24N6O2.CH4/c26-23-21-22(16-8-10-19(11-9-16)35-18-6-2-1-3-7-18)29-31(24(21)28-15-27-23)17-5-4-12-30(13-17)25(34)20(33)14-32;1-2-21(32)30-14-6-7-18(15-30)31-25-22(24(26)27-16-28-25)23(29-31)17-10-12-20(13-11-17)33-19-8-4-3-5-9-19;/h1-3,6-11,15,17,20,32-33H,4-5,12-14H2,(H2,26,27,28);2-5,8-13,16,18H,1,6-7,14-15H2,(H2,26,27,28);1H4. The summed E-state index contributed by atoms with van der Waals surface area (Å²) in [7, 11) is 0. The molecule has 3 atom stereocenters. The Hall–Kier alpha value is -8.22. The zero-order chi connectivity index (χ0) is 47.1. The van der Waals surface area contributed by atoms with Crippen molar-refractivity contribution >= 4 is 45.5 Å². The highest BCUT2D eigenvalue weighted by atomic mass is 16.5. The number of carbonyl (C=O) groups is 2. The number of nitrogens with zero attached hydrogens (tertiary/aromatic N) is 10. The van der Waals surface area contributed by atoms with Crippen molar-refractivity contribution in [3.8, 4) is 45.5 Å². The number of hydrogen-bond donors (Lipinski definition) is 4. The predicted octanol–water partition coefficient (Wildman–Crippen LogP) is 7.24. The van der Waals surface area contributed by atoms with Crippen LogP contribution in [0.5, 0.6) is 23.0 Å². The normalized spacial score (nSPS) is 16.2. The molecule has 3 unspecified atom stereocenters. The summed E-state index contributed by atoms with van der Waals surface area (Å²) in [6.45, 7) is 5.13. The number of rotatable bonds is 11. The maximum absolute atomic E-state index is 12.4. The molecule has 69 heavy (non-hydrogen) atoms. The molecular formula is C51H54N12O6. The summed E-state index contributed by atoms with van der Waals surface area (Å²) in [4.78, 5) is 45.3. The number of nitrogen functional groups attached to an aromatic ring is 2. The molecule has 4 aromatic heterocycles. The van der Waals surface area contributed by atoms with Gasteiger partial charge in [0.15, 0.2) is 17.4 Å². The monoisotopic (exact) mass is 930 g/mol. The van der Waals surface area contributed by atoms with E-state index in [4.69, 9.17) is 36.2 Å². The fourth-order valence-corrected chi connectivity index (χ4v) is 8.64. The van der Waals surface area contributed by atoms with Gasteiger partial charge in [-0.25, -0.2) is 29.3 Å². The Kier molecular flexibility index (Phi) is 14.5. The van der Waals surface area contributed by atoms with Gasteiger partial charge in [0.25, 0.3) is 5.91 Å². The molecule has 2 aliphatic heterocycles. The maximum atomic E-state index is 12.4. The third kappa shape index (κ3) is 10.2. The minimum absolute atomic E-state index is 0. The molecule has 0 saturated carbocycles. The number of aliphatic hydroxyl groups is 2. The topological polar surface area (TPSA) is 239 Å². The molecule has 2 amide bonds. The van der Waals surface area contributed by atoms with Gasteiger partial charge in [-0.15, -0.1) is 0 Å². The number of amides is 2. The summed E-state index contributed by atoms with van der Waals surface area (Å²) < 4.78 is 15.5. The van der Waals surface area contributed by atoms with Gasteiger partial charge in [0.1, 0.15) is 58.7 Å². The number of benzene rings is 4. The van der Waals surface area contributed by atoms with E-state index in [1.807, 2.05) is 114 Å². The van der Waals surface area contributed by atoms with Gasteiger partial charge in [0, 0.05) is 37.3 Å². The van der Waals surface area contributed by atoms with Crippen molar-refractivity contribution in [2.45, 2.75) is 51.3 Å². The number of carbonyl (C=O) groups excluding carboxylic acids is 2. The van der Waals surface area contributed by atoms with Gasteiger partial charge >= 0.3 is 0 Å². The van der Waals surface area contributed by atoms with Crippen LogP contribution in [0.1, 0.15) is 45.2 Å². The quantitative estimate of drug-likeness (QED) is 0.0936. The van der Waals surface area contributed by atoms with E-state index in [-0.39, 0.29) is 25.4 Å². The first kappa shape index (κ1) is 47.3. The molecular weight excluding hydrogens is 877 g/mol. The van der Waals surface area contributed by atoms with Crippen LogP contribution in [0.4, 0.5) is 11.6 Å². The van der Waals surface area contributed by atoms with E-state index in [2.05, 4.69) is 26.5 Å². The molecule has 18 heteroatoms. The summed E-state index contributed by atoms with van der Waals surface area (Å²) in [5, 5.41) is 30.1. The Morgan fingerprint density at radius 3 is 1.51 bits per heavy atom. The highest BCUT2D eigenvalue weighted by molar-refractivity contribution is 5.99. The fourth-order valence-electron chi connectivity index (χ4n) is 8.64. The number of likely N-dealkylation sites (tertiary alicyclic amines) is 2. The number of ether oxygens (including phenoxy) is 2. The number of anilines is 2. The lowest BCUT2D eigenvalue weighted by Crippen LogP contribution is -2.46. The van der Waals surface area contributed by atoms with E-state index in [1.54, 1.807) is 14.5 Å². The van der Waals surface area contributed by atoms with Crippen LogP contribution in [-0.4, -0.2) is 110 Å². The van der Waals surface area contributed by atoms with Gasteiger partial charge in [-0.05, 0) is 105 Å². The molecule has 2 fully saturated rings. The average molecular weight is 931 g/mol. The van der Waals surface area contributed by atoms with Crippen LogP contribution in [0.2, 0.25) is 0 Å². The number of fused-ring (bicyclic) bond motifs is 2. The number of nitrogens with two attached hydrogens (primary N) is 2. The highest BCUT2D eigenvalue weighted by Gasteiger charge is 2.32. The van der Waals surface area contributed by atoms with Gasteiger partial charge in [-0.3, -0.25) is 9.59 Å². The van der Waals surface area contributed by atoms with E-state index in [1.165, 1.54) is 18.7 Å². The lowest BCUT2D eigenvalue weighted by Gasteiger charge is -2.33. The van der Waals surface area contributed by atoms with Crippen LogP contribution in [0.3, 0.4) is 0 Å². The van der Waals surface area contributed by atoms with Gasteiger partial charge in [-0.2, -0.15) is 10.2 Å².